The van der Waals surface area contributed by atoms with Gasteiger partial charge in [-0.15, -0.1) is 0 Å². The first-order valence-corrected chi connectivity index (χ1v) is 6.26. The first kappa shape index (κ1) is 11.8. The maximum Gasteiger partial charge on any atom is 0.147 e. The second kappa shape index (κ2) is 4.32. The molecule has 2 fully saturated rings. The van der Waals surface area contributed by atoms with Gasteiger partial charge in [-0.05, 0) is 6.92 Å². The molecule has 0 aliphatic carbocycles. The Morgan fingerprint density at radius 3 is 2.79 bits per heavy atom. The van der Waals surface area contributed by atoms with Crippen molar-refractivity contribution in [1.82, 2.24) is 0 Å². The first-order chi connectivity index (χ1) is 6.65. The molecule has 5 unspecified atom stereocenters. The fourth-order valence-corrected chi connectivity index (χ4v) is 3.52. The summed E-state index contributed by atoms with van der Waals surface area (Å²) in [4.78, 5) is 0. The Kier molecular flexibility index (Phi) is 3.66. The molecular formula is C7H11BI2O4. The third kappa shape index (κ3) is 1.55. The van der Waals surface area contributed by atoms with Crippen molar-refractivity contribution in [3.63, 3.8) is 0 Å². The van der Waals surface area contributed by atoms with Crippen molar-refractivity contribution in [3.8, 4) is 0 Å². The molecule has 2 rings (SSSR count). The van der Waals surface area contributed by atoms with Gasteiger partial charge in [-0.25, -0.2) is 0 Å². The smallest absolute Gasteiger partial charge is 0.147 e. The summed E-state index contributed by atoms with van der Waals surface area (Å²) in [6.45, 7) is 2.51. The summed E-state index contributed by atoms with van der Waals surface area (Å²) < 4.78 is 22.3. The molecule has 5 atom stereocenters. The van der Waals surface area contributed by atoms with Gasteiger partial charge < -0.3 is 15.6 Å². The standard InChI is InChI=1S/C7H11BI2O4/c1-3-7(2-11-9)5(14-10)4(12-3)6(8)13-7/h3-6H,2,8H2,1H3. The van der Waals surface area contributed by atoms with Gasteiger partial charge >= 0.3 is 0 Å². The zero-order valence-electron chi connectivity index (χ0n) is 7.91. The van der Waals surface area contributed by atoms with Crippen molar-refractivity contribution in [2.75, 3.05) is 6.61 Å². The molecule has 2 aliphatic heterocycles. The van der Waals surface area contributed by atoms with Crippen LogP contribution in [0.2, 0.25) is 0 Å². The average Bonchev–Trinajstić information content (AvgIpc) is 2.54. The van der Waals surface area contributed by atoms with E-state index in [0.717, 1.165) is 0 Å². The molecule has 2 aliphatic rings. The number of rotatable bonds is 3. The van der Waals surface area contributed by atoms with E-state index in [1.807, 2.05) is 60.8 Å². The van der Waals surface area contributed by atoms with Crippen LogP contribution in [0.4, 0.5) is 0 Å². The van der Waals surface area contributed by atoms with Crippen LogP contribution in [0.5, 0.6) is 0 Å². The Balaban J connectivity index is 2.25. The van der Waals surface area contributed by atoms with Crippen LogP contribution in [-0.4, -0.2) is 44.4 Å². The van der Waals surface area contributed by atoms with E-state index >= 15 is 0 Å². The largest absolute Gasteiger partial charge is 0.370 e. The molecule has 2 heterocycles. The van der Waals surface area contributed by atoms with Crippen molar-refractivity contribution >= 4 is 53.9 Å². The van der Waals surface area contributed by atoms with E-state index in [1.165, 1.54) is 0 Å². The number of hydrogen-bond acceptors (Lipinski definition) is 4. The van der Waals surface area contributed by atoms with Crippen molar-refractivity contribution in [3.05, 3.63) is 0 Å². The van der Waals surface area contributed by atoms with Crippen LogP contribution >= 0.6 is 46.0 Å². The third-order valence-electron chi connectivity index (χ3n) is 3.07. The molecule has 0 N–H and O–H groups in total. The van der Waals surface area contributed by atoms with E-state index in [1.54, 1.807) is 0 Å². The van der Waals surface area contributed by atoms with E-state index in [0.29, 0.717) is 6.61 Å². The number of hydrogen-bond donors (Lipinski definition) is 0. The van der Waals surface area contributed by atoms with Gasteiger partial charge in [0.1, 0.15) is 71.7 Å². The Hall–Kier alpha value is 1.36. The van der Waals surface area contributed by atoms with Gasteiger partial charge in [0.2, 0.25) is 0 Å². The molecule has 7 heteroatoms. The number of ether oxygens (including phenoxy) is 2. The summed E-state index contributed by atoms with van der Waals surface area (Å²) in [5, 5.41) is 0. The highest BCUT2D eigenvalue weighted by atomic mass is 127. The molecule has 2 saturated heterocycles. The molecule has 4 nitrogen and oxygen atoms in total. The summed E-state index contributed by atoms with van der Waals surface area (Å²) in [5.41, 5.74) is -0.424. The molecule has 2 bridgehead atoms. The fraction of sp³-hybridized carbons (Fsp3) is 1.00. The Labute approximate surface area is 112 Å². The summed E-state index contributed by atoms with van der Waals surface area (Å²) in [6.07, 6.45) is 0.0366. The monoisotopic (exact) mass is 424 g/mol. The predicted molar refractivity (Wildman–Crippen MR) is 69.3 cm³/mol. The average molecular weight is 424 g/mol. The Morgan fingerprint density at radius 2 is 2.21 bits per heavy atom. The van der Waals surface area contributed by atoms with Crippen LogP contribution in [0.3, 0.4) is 0 Å². The van der Waals surface area contributed by atoms with Gasteiger partial charge in [-0.1, -0.05) is 0 Å². The highest BCUT2D eigenvalue weighted by Crippen LogP contribution is 2.46. The van der Waals surface area contributed by atoms with Gasteiger partial charge in [0, 0.05) is 0 Å². The minimum absolute atomic E-state index is 0.0251. The SMILES string of the molecule is BC1OC2(COI)C(C)OC1C2OI. The van der Waals surface area contributed by atoms with Crippen LogP contribution < -0.4 is 0 Å². The lowest BCUT2D eigenvalue weighted by Gasteiger charge is -2.34. The number of halogens is 2. The van der Waals surface area contributed by atoms with Crippen molar-refractivity contribution < 1.29 is 15.6 Å². The van der Waals surface area contributed by atoms with E-state index in [4.69, 9.17) is 15.6 Å². The summed E-state index contributed by atoms with van der Waals surface area (Å²) in [5.74, 6) is 0. The molecule has 0 aromatic carbocycles. The Bertz CT molecular complexity index is 232. The van der Waals surface area contributed by atoms with E-state index in [9.17, 15) is 0 Å². The Morgan fingerprint density at radius 1 is 1.50 bits per heavy atom. The van der Waals surface area contributed by atoms with Crippen molar-refractivity contribution in [2.45, 2.75) is 36.8 Å². The molecule has 0 amide bonds. The quantitative estimate of drug-likeness (QED) is 0.492. The van der Waals surface area contributed by atoms with Crippen LogP contribution in [0.15, 0.2) is 0 Å². The minimum Gasteiger partial charge on any atom is -0.370 e. The summed E-state index contributed by atoms with van der Waals surface area (Å²) in [7, 11) is 2.01. The van der Waals surface area contributed by atoms with Gasteiger partial charge in [0.25, 0.3) is 0 Å². The fourth-order valence-electron chi connectivity index (χ4n) is 2.31. The lowest BCUT2D eigenvalue weighted by atomic mass is 9.91. The highest BCUT2D eigenvalue weighted by Gasteiger charge is 2.64. The summed E-state index contributed by atoms with van der Waals surface area (Å²) >= 11 is 3.79. The minimum atomic E-state index is -0.424. The lowest BCUT2D eigenvalue weighted by molar-refractivity contribution is -0.164. The molecule has 0 saturated carbocycles. The van der Waals surface area contributed by atoms with Crippen molar-refractivity contribution in [1.29, 1.82) is 0 Å². The highest BCUT2D eigenvalue weighted by molar-refractivity contribution is 14.1. The maximum absolute atomic E-state index is 5.92. The second-order valence-electron chi connectivity index (χ2n) is 3.78. The summed E-state index contributed by atoms with van der Waals surface area (Å²) in [6, 6.07) is 0.0810. The topological polar surface area (TPSA) is 36.9 Å². The zero-order chi connectivity index (χ0) is 10.3. The van der Waals surface area contributed by atoms with Crippen LogP contribution in [0, 0.1) is 0 Å². The normalized spacial score (nSPS) is 51.4. The molecular weight excluding hydrogens is 413 g/mol. The van der Waals surface area contributed by atoms with Crippen LogP contribution in [-0.2, 0) is 15.6 Å². The maximum atomic E-state index is 5.92. The predicted octanol–water partition coefficient (Wildman–Crippen LogP) is 0.604. The molecule has 0 aromatic rings. The van der Waals surface area contributed by atoms with Gasteiger partial charge in [-0.3, -0.25) is 0 Å². The van der Waals surface area contributed by atoms with E-state index in [2.05, 4.69) is 0 Å². The van der Waals surface area contributed by atoms with Crippen LogP contribution in [0.1, 0.15) is 6.92 Å². The molecule has 80 valence electrons. The molecule has 0 radical (unpaired) electrons. The molecule has 0 aromatic heterocycles. The second-order valence-corrected chi connectivity index (χ2v) is 4.92. The van der Waals surface area contributed by atoms with Crippen molar-refractivity contribution in [2.24, 2.45) is 0 Å². The third-order valence-corrected chi connectivity index (χ3v) is 3.93. The van der Waals surface area contributed by atoms with Gasteiger partial charge in [0.15, 0.2) is 0 Å². The van der Waals surface area contributed by atoms with E-state index in [-0.39, 0.29) is 24.3 Å². The number of fused-ring (bicyclic) bond motifs is 2. The zero-order valence-corrected chi connectivity index (χ0v) is 12.2. The molecule has 14 heavy (non-hydrogen) atoms. The van der Waals surface area contributed by atoms with E-state index < -0.39 is 5.60 Å². The van der Waals surface area contributed by atoms with Gasteiger partial charge in [0.05, 0.1) is 18.7 Å². The molecule has 0 spiro atoms. The first-order valence-electron chi connectivity index (χ1n) is 4.50. The lowest BCUT2D eigenvalue weighted by Crippen LogP contribution is -2.50. The van der Waals surface area contributed by atoms with Gasteiger partial charge in [-0.2, -0.15) is 0 Å². The van der Waals surface area contributed by atoms with Crippen LogP contribution in [0.25, 0.3) is 0 Å².